The van der Waals surface area contributed by atoms with Crippen LogP contribution in [0.5, 0.6) is 5.75 Å². The normalized spacial score (nSPS) is 15.0. The summed E-state index contributed by atoms with van der Waals surface area (Å²) in [6.07, 6.45) is 0. The van der Waals surface area contributed by atoms with E-state index in [1.54, 1.807) is 18.4 Å². The molecule has 1 aromatic heterocycles. The van der Waals surface area contributed by atoms with Gasteiger partial charge in [0.2, 0.25) is 0 Å². The van der Waals surface area contributed by atoms with Crippen molar-refractivity contribution in [3.8, 4) is 16.9 Å². The van der Waals surface area contributed by atoms with Crippen molar-refractivity contribution < 1.29 is 4.74 Å². The summed E-state index contributed by atoms with van der Waals surface area (Å²) in [7, 11) is 1.68. The second-order valence-electron chi connectivity index (χ2n) is 5.30. The molecule has 0 saturated carbocycles. The molecule has 1 fully saturated rings. The number of hydrogen-bond donors (Lipinski definition) is 1. The van der Waals surface area contributed by atoms with Crippen LogP contribution in [0.3, 0.4) is 0 Å². The summed E-state index contributed by atoms with van der Waals surface area (Å²) in [5.74, 6) is 3.82. The molecule has 2 heterocycles. The van der Waals surface area contributed by atoms with E-state index in [1.807, 2.05) is 23.9 Å². The topological polar surface area (TPSA) is 50.9 Å². The van der Waals surface area contributed by atoms with Gasteiger partial charge in [0, 0.05) is 29.5 Å². The maximum absolute atomic E-state index is 6.10. The lowest BCUT2D eigenvalue weighted by molar-refractivity contribution is 0.415. The predicted octanol–water partition coefficient (Wildman–Crippen LogP) is 3.91. The van der Waals surface area contributed by atoms with Crippen molar-refractivity contribution in [2.45, 2.75) is 6.54 Å². The van der Waals surface area contributed by atoms with Gasteiger partial charge in [-0.15, -0.1) is 35.3 Å². The number of thiophene rings is 1. The Labute approximate surface area is 168 Å². The second-order valence-corrected chi connectivity index (χ2v) is 7.52. The molecule has 3 rings (SSSR count). The first-order chi connectivity index (χ1) is 11.3. The van der Waals surface area contributed by atoms with Gasteiger partial charge in [-0.3, -0.25) is 0 Å². The molecule has 0 unspecified atom stereocenters. The minimum Gasteiger partial charge on any atom is -0.497 e. The van der Waals surface area contributed by atoms with Gasteiger partial charge in [0.25, 0.3) is 0 Å². The molecule has 4 nitrogen and oxygen atoms in total. The summed E-state index contributed by atoms with van der Waals surface area (Å²) in [4.78, 5) is 7.96. The molecule has 0 bridgehead atoms. The minimum atomic E-state index is 0. The molecule has 1 saturated heterocycles. The highest BCUT2D eigenvalue weighted by molar-refractivity contribution is 14.0. The third kappa shape index (κ3) is 5.03. The minimum absolute atomic E-state index is 0. The van der Waals surface area contributed by atoms with Crippen LogP contribution in [0.2, 0.25) is 0 Å². The maximum atomic E-state index is 6.10. The monoisotopic (exact) mass is 475 g/mol. The number of benzene rings is 1. The van der Waals surface area contributed by atoms with E-state index in [9.17, 15) is 0 Å². The first-order valence-corrected chi connectivity index (χ1v) is 9.64. The Kier molecular flexibility index (Phi) is 7.70. The number of hydrogen-bond acceptors (Lipinski definition) is 4. The van der Waals surface area contributed by atoms with Gasteiger partial charge in [0.1, 0.15) is 5.75 Å². The predicted molar refractivity (Wildman–Crippen MR) is 116 cm³/mol. The zero-order valence-corrected chi connectivity index (χ0v) is 17.6. The van der Waals surface area contributed by atoms with E-state index >= 15 is 0 Å². The molecule has 2 N–H and O–H groups in total. The van der Waals surface area contributed by atoms with E-state index < -0.39 is 0 Å². The van der Waals surface area contributed by atoms with E-state index in [1.165, 1.54) is 16.0 Å². The van der Waals surface area contributed by atoms with Crippen LogP contribution in [0.25, 0.3) is 11.1 Å². The van der Waals surface area contributed by atoms with Gasteiger partial charge in [-0.2, -0.15) is 11.8 Å². The van der Waals surface area contributed by atoms with E-state index in [0.717, 1.165) is 30.3 Å². The highest BCUT2D eigenvalue weighted by Crippen LogP contribution is 2.27. The van der Waals surface area contributed by atoms with Crippen molar-refractivity contribution in [2.24, 2.45) is 10.7 Å². The molecule has 0 amide bonds. The number of ether oxygens (including phenoxy) is 1. The largest absolute Gasteiger partial charge is 0.497 e. The Morgan fingerprint density at radius 2 is 1.92 bits per heavy atom. The molecule has 7 heteroatoms. The average molecular weight is 475 g/mol. The zero-order chi connectivity index (χ0) is 16.1. The van der Waals surface area contributed by atoms with Gasteiger partial charge in [0.05, 0.1) is 13.7 Å². The van der Waals surface area contributed by atoms with E-state index in [4.69, 9.17) is 10.5 Å². The van der Waals surface area contributed by atoms with Crippen LogP contribution < -0.4 is 10.5 Å². The Hall–Kier alpha value is -0.930. The Balaban J connectivity index is 0.00000208. The van der Waals surface area contributed by atoms with Gasteiger partial charge in [-0.1, -0.05) is 12.1 Å². The first-order valence-electron chi connectivity index (χ1n) is 7.61. The van der Waals surface area contributed by atoms with Crippen molar-refractivity contribution >= 4 is 53.0 Å². The van der Waals surface area contributed by atoms with Crippen LogP contribution >= 0.6 is 47.1 Å². The Morgan fingerprint density at radius 3 is 2.58 bits per heavy atom. The van der Waals surface area contributed by atoms with Crippen LogP contribution in [0.15, 0.2) is 40.7 Å². The van der Waals surface area contributed by atoms with Crippen molar-refractivity contribution in [2.75, 3.05) is 31.7 Å². The fourth-order valence-electron chi connectivity index (χ4n) is 2.45. The van der Waals surface area contributed by atoms with Crippen molar-refractivity contribution in [3.05, 3.63) is 40.6 Å². The summed E-state index contributed by atoms with van der Waals surface area (Å²) in [5, 5.41) is 2.17. The Bertz CT molecular complexity index is 667. The number of methoxy groups -OCH3 is 1. The Morgan fingerprint density at radius 1 is 1.21 bits per heavy atom. The molecule has 1 aliphatic rings. The standard InChI is InChI=1S/C17H21N3OS2.HI/c1-21-15-4-2-13(3-5-15)14-10-16(23-12-14)11-19-17(18)20-6-8-22-9-7-20;/h2-5,10,12H,6-9,11H2,1H3,(H2,18,19);1H. The third-order valence-corrected chi connectivity index (χ3v) is 5.67. The maximum Gasteiger partial charge on any atom is 0.191 e. The highest BCUT2D eigenvalue weighted by atomic mass is 127. The molecule has 2 aromatic rings. The van der Waals surface area contributed by atoms with Gasteiger partial charge >= 0.3 is 0 Å². The molecule has 0 aliphatic carbocycles. The van der Waals surface area contributed by atoms with Crippen molar-refractivity contribution in [1.82, 2.24) is 4.90 Å². The van der Waals surface area contributed by atoms with E-state index in [2.05, 4.69) is 33.5 Å². The van der Waals surface area contributed by atoms with Gasteiger partial charge < -0.3 is 15.4 Å². The molecule has 0 radical (unpaired) electrons. The van der Waals surface area contributed by atoms with Crippen LogP contribution in [0.4, 0.5) is 0 Å². The molecule has 0 atom stereocenters. The lowest BCUT2D eigenvalue weighted by atomic mass is 10.1. The summed E-state index contributed by atoms with van der Waals surface area (Å²) < 4.78 is 5.20. The van der Waals surface area contributed by atoms with E-state index in [-0.39, 0.29) is 24.0 Å². The lowest BCUT2D eigenvalue weighted by Crippen LogP contribution is -2.42. The van der Waals surface area contributed by atoms with Gasteiger partial charge in [-0.25, -0.2) is 4.99 Å². The molecule has 1 aromatic carbocycles. The quantitative estimate of drug-likeness (QED) is 0.414. The molecule has 1 aliphatic heterocycles. The molecular weight excluding hydrogens is 453 g/mol. The van der Waals surface area contributed by atoms with Gasteiger partial charge in [0.15, 0.2) is 5.96 Å². The summed E-state index contributed by atoms with van der Waals surface area (Å²) >= 11 is 3.70. The molecular formula is C17H22IN3OS2. The number of thioether (sulfide) groups is 1. The number of rotatable bonds is 4. The summed E-state index contributed by atoms with van der Waals surface area (Å²) in [6, 6.07) is 10.3. The van der Waals surface area contributed by atoms with E-state index in [0.29, 0.717) is 12.5 Å². The number of nitrogens with two attached hydrogens (primary N) is 1. The van der Waals surface area contributed by atoms with Crippen LogP contribution in [0.1, 0.15) is 4.88 Å². The fourth-order valence-corrected chi connectivity index (χ4v) is 4.17. The number of halogens is 1. The highest BCUT2D eigenvalue weighted by Gasteiger charge is 2.12. The molecule has 130 valence electrons. The number of nitrogens with zero attached hydrogens (tertiary/aromatic N) is 2. The van der Waals surface area contributed by atoms with Crippen molar-refractivity contribution in [3.63, 3.8) is 0 Å². The van der Waals surface area contributed by atoms with Crippen LogP contribution in [-0.4, -0.2) is 42.6 Å². The van der Waals surface area contributed by atoms with Crippen LogP contribution in [-0.2, 0) is 6.54 Å². The van der Waals surface area contributed by atoms with Crippen LogP contribution in [0, 0.1) is 0 Å². The number of aliphatic imine (C=N–C) groups is 1. The van der Waals surface area contributed by atoms with Gasteiger partial charge in [-0.05, 0) is 34.7 Å². The molecule has 24 heavy (non-hydrogen) atoms. The average Bonchev–Trinajstić information content (AvgIpc) is 3.09. The fraction of sp³-hybridized carbons (Fsp3) is 0.353. The number of guanidine groups is 1. The summed E-state index contributed by atoms with van der Waals surface area (Å²) in [6.45, 7) is 2.65. The van der Waals surface area contributed by atoms with Crippen molar-refractivity contribution in [1.29, 1.82) is 0 Å². The SMILES string of the molecule is COc1ccc(-c2csc(CN=C(N)N3CCSCC3)c2)cc1.I. The second kappa shape index (κ2) is 9.53. The third-order valence-electron chi connectivity index (χ3n) is 3.81. The lowest BCUT2D eigenvalue weighted by Gasteiger charge is -2.27. The summed E-state index contributed by atoms with van der Waals surface area (Å²) in [5.41, 5.74) is 8.51. The zero-order valence-electron chi connectivity index (χ0n) is 13.6. The first kappa shape index (κ1) is 19.4. The smallest absolute Gasteiger partial charge is 0.191 e. The molecule has 0 spiro atoms.